The van der Waals surface area contributed by atoms with Gasteiger partial charge in [0.15, 0.2) is 0 Å². The lowest BCUT2D eigenvalue weighted by Gasteiger charge is -2.28. The molecule has 0 fully saturated rings. The summed E-state index contributed by atoms with van der Waals surface area (Å²) in [5.74, 6) is 1.39. The molecule has 1 N–H and O–H groups in total. The third kappa shape index (κ3) is 6.81. The number of carbonyl (C=O) groups excluding carboxylic acids is 1. The van der Waals surface area contributed by atoms with Crippen LogP contribution in [0.25, 0.3) is 0 Å². The molecule has 142 valence electrons. The number of amides is 1. The van der Waals surface area contributed by atoms with Crippen LogP contribution in [-0.4, -0.2) is 37.0 Å². The van der Waals surface area contributed by atoms with Crippen molar-refractivity contribution in [2.45, 2.75) is 39.8 Å². The molecule has 0 saturated carbocycles. The normalized spacial score (nSPS) is 12.4. The van der Waals surface area contributed by atoms with Crippen molar-refractivity contribution in [2.75, 3.05) is 20.2 Å². The topological polar surface area (TPSA) is 41.6 Å². The van der Waals surface area contributed by atoms with E-state index in [2.05, 4.69) is 60.6 Å². The Bertz CT molecular complexity index is 653. The Balaban J connectivity index is 2.04. The lowest BCUT2D eigenvalue weighted by molar-refractivity contribution is -0.123. The molecule has 2 aromatic rings. The van der Waals surface area contributed by atoms with Gasteiger partial charge in [-0.3, -0.25) is 9.69 Å². The molecule has 1 aromatic heterocycles. The molecule has 4 nitrogen and oxygen atoms in total. The van der Waals surface area contributed by atoms with Crippen molar-refractivity contribution < 1.29 is 9.53 Å². The van der Waals surface area contributed by atoms with E-state index < -0.39 is 0 Å². The van der Waals surface area contributed by atoms with Gasteiger partial charge in [0.2, 0.25) is 5.91 Å². The average molecular weight is 375 g/mol. The predicted molar refractivity (Wildman–Crippen MR) is 109 cm³/mol. The van der Waals surface area contributed by atoms with Gasteiger partial charge in [-0.2, -0.15) is 0 Å². The van der Waals surface area contributed by atoms with Gasteiger partial charge in [0.1, 0.15) is 5.75 Å². The first kappa shape index (κ1) is 20.5. The standard InChI is InChI=1S/C21H30N2O2S/c1-16(2)13-22-21(24)15-23(17(3)12-20-6-5-11-26-20)14-18-7-9-19(25-4)10-8-18/h5-11,16-17H,12-15H2,1-4H3,(H,22,24)/t17-/m1/s1. The zero-order valence-electron chi connectivity index (χ0n) is 16.2. The SMILES string of the molecule is COc1ccc(CN(CC(=O)NCC(C)C)[C@H](C)Cc2cccs2)cc1. The first-order valence-electron chi connectivity index (χ1n) is 9.14. The second kappa shape index (κ2) is 10.3. The highest BCUT2D eigenvalue weighted by Gasteiger charge is 2.19. The third-order valence-electron chi connectivity index (χ3n) is 4.30. The fourth-order valence-corrected chi connectivity index (χ4v) is 3.57. The summed E-state index contributed by atoms with van der Waals surface area (Å²) in [6.07, 6.45) is 0.950. The average Bonchev–Trinajstić information content (AvgIpc) is 3.13. The first-order chi connectivity index (χ1) is 12.5. The monoisotopic (exact) mass is 374 g/mol. The van der Waals surface area contributed by atoms with Crippen LogP contribution in [0.15, 0.2) is 41.8 Å². The van der Waals surface area contributed by atoms with Crippen molar-refractivity contribution >= 4 is 17.2 Å². The lowest BCUT2D eigenvalue weighted by atomic mass is 10.1. The van der Waals surface area contributed by atoms with E-state index in [1.165, 1.54) is 10.4 Å². The summed E-state index contributed by atoms with van der Waals surface area (Å²) in [5.41, 5.74) is 1.18. The molecule has 1 aromatic carbocycles. The van der Waals surface area contributed by atoms with Crippen LogP contribution in [0.4, 0.5) is 0 Å². The number of carbonyl (C=O) groups is 1. The van der Waals surface area contributed by atoms with Crippen LogP contribution in [-0.2, 0) is 17.8 Å². The Morgan fingerprint density at radius 3 is 2.50 bits per heavy atom. The van der Waals surface area contributed by atoms with E-state index in [9.17, 15) is 4.79 Å². The summed E-state index contributed by atoms with van der Waals surface area (Å²) in [4.78, 5) is 16.0. The third-order valence-corrected chi connectivity index (χ3v) is 5.20. The van der Waals surface area contributed by atoms with Crippen LogP contribution >= 0.6 is 11.3 Å². The molecular formula is C21H30N2O2S. The smallest absolute Gasteiger partial charge is 0.234 e. The number of nitrogens with zero attached hydrogens (tertiary/aromatic N) is 1. The maximum Gasteiger partial charge on any atom is 0.234 e. The molecule has 0 spiro atoms. The second-order valence-electron chi connectivity index (χ2n) is 7.08. The Morgan fingerprint density at radius 1 is 1.19 bits per heavy atom. The van der Waals surface area contributed by atoms with Crippen LogP contribution < -0.4 is 10.1 Å². The number of benzene rings is 1. The first-order valence-corrected chi connectivity index (χ1v) is 10.0. The van der Waals surface area contributed by atoms with Gasteiger partial charge in [0.25, 0.3) is 0 Å². The minimum Gasteiger partial charge on any atom is -0.497 e. The van der Waals surface area contributed by atoms with Gasteiger partial charge < -0.3 is 10.1 Å². The summed E-state index contributed by atoms with van der Waals surface area (Å²) in [6, 6.07) is 12.6. The highest BCUT2D eigenvalue weighted by atomic mass is 32.1. The molecule has 0 saturated heterocycles. The number of nitrogens with one attached hydrogen (secondary N) is 1. The number of methoxy groups -OCH3 is 1. The Morgan fingerprint density at radius 2 is 1.92 bits per heavy atom. The van der Waals surface area contributed by atoms with Crippen molar-refractivity contribution in [1.29, 1.82) is 0 Å². The van der Waals surface area contributed by atoms with Gasteiger partial charge in [-0.05, 0) is 48.4 Å². The van der Waals surface area contributed by atoms with Gasteiger partial charge in [0, 0.05) is 24.0 Å². The summed E-state index contributed by atoms with van der Waals surface area (Å²) < 4.78 is 5.23. The summed E-state index contributed by atoms with van der Waals surface area (Å²) in [6.45, 7) is 8.27. The van der Waals surface area contributed by atoms with E-state index in [0.717, 1.165) is 18.7 Å². The lowest BCUT2D eigenvalue weighted by Crippen LogP contribution is -2.43. The summed E-state index contributed by atoms with van der Waals surface area (Å²) >= 11 is 1.77. The molecule has 1 atom stereocenters. The highest BCUT2D eigenvalue weighted by molar-refractivity contribution is 7.09. The van der Waals surface area contributed by atoms with Crippen molar-refractivity contribution in [3.8, 4) is 5.75 Å². The van der Waals surface area contributed by atoms with E-state index in [1.54, 1.807) is 18.4 Å². The number of ether oxygens (including phenoxy) is 1. The van der Waals surface area contributed by atoms with E-state index in [4.69, 9.17) is 4.74 Å². The van der Waals surface area contributed by atoms with Crippen LogP contribution in [0.2, 0.25) is 0 Å². The molecule has 0 aliphatic rings. The van der Waals surface area contributed by atoms with Crippen molar-refractivity contribution in [3.63, 3.8) is 0 Å². The van der Waals surface area contributed by atoms with E-state index in [-0.39, 0.29) is 11.9 Å². The predicted octanol–water partition coefficient (Wildman–Crippen LogP) is 3.96. The van der Waals surface area contributed by atoms with E-state index in [1.807, 2.05) is 12.1 Å². The molecule has 1 amide bonds. The molecule has 1 heterocycles. The van der Waals surface area contributed by atoms with Crippen molar-refractivity contribution in [2.24, 2.45) is 5.92 Å². The molecule has 26 heavy (non-hydrogen) atoms. The maximum absolute atomic E-state index is 12.4. The van der Waals surface area contributed by atoms with Crippen LogP contribution in [0, 0.1) is 5.92 Å². The number of thiophene rings is 1. The Labute approximate surface area is 161 Å². The quantitative estimate of drug-likeness (QED) is 0.684. The Kier molecular flexibility index (Phi) is 8.13. The van der Waals surface area contributed by atoms with Crippen molar-refractivity contribution in [1.82, 2.24) is 10.2 Å². The Hall–Kier alpha value is -1.85. The van der Waals surface area contributed by atoms with Gasteiger partial charge in [-0.15, -0.1) is 11.3 Å². The fraction of sp³-hybridized carbons (Fsp3) is 0.476. The largest absolute Gasteiger partial charge is 0.497 e. The van der Waals surface area contributed by atoms with Crippen LogP contribution in [0.5, 0.6) is 5.75 Å². The second-order valence-corrected chi connectivity index (χ2v) is 8.12. The number of rotatable bonds is 10. The molecule has 0 unspecified atom stereocenters. The minimum atomic E-state index is 0.0882. The van der Waals surface area contributed by atoms with Gasteiger partial charge in [-0.1, -0.05) is 32.0 Å². The van der Waals surface area contributed by atoms with Gasteiger partial charge in [0.05, 0.1) is 13.7 Å². The molecule has 0 aliphatic heterocycles. The molecule has 0 aliphatic carbocycles. The van der Waals surface area contributed by atoms with E-state index >= 15 is 0 Å². The maximum atomic E-state index is 12.4. The molecule has 0 bridgehead atoms. The van der Waals surface area contributed by atoms with E-state index in [0.29, 0.717) is 19.0 Å². The molecule has 0 radical (unpaired) electrons. The summed E-state index contributed by atoms with van der Waals surface area (Å²) in [5, 5.41) is 5.13. The minimum absolute atomic E-state index is 0.0882. The van der Waals surface area contributed by atoms with Crippen LogP contribution in [0.1, 0.15) is 31.2 Å². The highest BCUT2D eigenvalue weighted by Crippen LogP contribution is 2.18. The zero-order chi connectivity index (χ0) is 18.9. The molecular weight excluding hydrogens is 344 g/mol. The number of hydrogen-bond acceptors (Lipinski definition) is 4. The fourth-order valence-electron chi connectivity index (χ4n) is 2.74. The van der Waals surface area contributed by atoms with Crippen molar-refractivity contribution in [3.05, 3.63) is 52.2 Å². The zero-order valence-corrected chi connectivity index (χ0v) is 17.0. The molecule has 2 rings (SSSR count). The van der Waals surface area contributed by atoms with Crippen LogP contribution in [0.3, 0.4) is 0 Å². The van der Waals surface area contributed by atoms with Gasteiger partial charge in [-0.25, -0.2) is 0 Å². The molecule has 5 heteroatoms. The number of hydrogen-bond donors (Lipinski definition) is 1. The summed E-state index contributed by atoms with van der Waals surface area (Å²) in [7, 11) is 1.67. The van der Waals surface area contributed by atoms with Gasteiger partial charge >= 0.3 is 0 Å².